The Bertz CT molecular complexity index is 2060. The van der Waals surface area contributed by atoms with Crippen LogP contribution in [0.3, 0.4) is 0 Å². The van der Waals surface area contributed by atoms with Crippen LogP contribution in [0.15, 0.2) is 84.9 Å². The minimum absolute atomic E-state index is 0.0146. The summed E-state index contributed by atoms with van der Waals surface area (Å²) in [5, 5.41) is 24.0. The second-order valence-electron chi connectivity index (χ2n) is 15.0. The largest absolute Gasteiger partial charge is 0.481 e. The first-order valence-electron chi connectivity index (χ1n) is 20.4. The number of rotatable bonds is 21. The molecular weight excluding hydrogens is 751 g/mol. The van der Waals surface area contributed by atoms with E-state index in [0.717, 1.165) is 68.1 Å². The molecule has 0 saturated heterocycles. The summed E-state index contributed by atoms with van der Waals surface area (Å²) in [4.78, 5) is 70.7. The number of pyridine rings is 1. The van der Waals surface area contributed by atoms with Gasteiger partial charge in [0.25, 0.3) is 11.8 Å². The molecule has 3 amide bonds. The second-order valence-corrected chi connectivity index (χ2v) is 15.0. The molecule has 0 atom stereocenters. The van der Waals surface area contributed by atoms with E-state index in [9.17, 15) is 24.0 Å². The molecule has 1 fully saturated rings. The van der Waals surface area contributed by atoms with Crippen LogP contribution in [0.5, 0.6) is 5.88 Å². The van der Waals surface area contributed by atoms with Gasteiger partial charge in [0.1, 0.15) is 6.10 Å². The number of aryl methyl sites for hydroxylation is 2. The van der Waals surface area contributed by atoms with Gasteiger partial charge in [0.2, 0.25) is 11.8 Å². The molecular formula is C46H55N5O8. The van der Waals surface area contributed by atoms with Crippen LogP contribution in [0.1, 0.15) is 113 Å². The van der Waals surface area contributed by atoms with Gasteiger partial charge in [-0.25, -0.2) is 9.78 Å². The Labute approximate surface area is 345 Å². The van der Waals surface area contributed by atoms with E-state index in [2.05, 4.69) is 34.4 Å². The van der Waals surface area contributed by atoms with Crippen molar-refractivity contribution in [3.63, 3.8) is 0 Å². The highest BCUT2D eigenvalue weighted by atomic mass is 16.5. The van der Waals surface area contributed by atoms with E-state index in [1.54, 1.807) is 42.3 Å². The van der Waals surface area contributed by atoms with Gasteiger partial charge in [-0.3, -0.25) is 24.1 Å². The SMILES string of the molecule is CCC(CC)N(CCN(C)C(=O)CCC(=O)O)Cc1cccc(C(=O)Nc2ccc(OC3CCCC3)nc2C(=O)Nc2ccc(CCc3ccc(C(=O)O)cc3)cc2)c1. The van der Waals surface area contributed by atoms with E-state index in [0.29, 0.717) is 36.8 Å². The minimum atomic E-state index is -1.00. The highest BCUT2D eigenvalue weighted by Gasteiger charge is 2.23. The lowest BCUT2D eigenvalue weighted by molar-refractivity contribution is -0.140. The molecule has 0 unspecified atom stereocenters. The van der Waals surface area contributed by atoms with Crippen molar-refractivity contribution in [2.24, 2.45) is 0 Å². The number of carboxylic acid groups (broad SMARTS) is 2. The molecule has 4 aromatic rings. The molecule has 5 rings (SSSR count). The fourth-order valence-electron chi connectivity index (χ4n) is 7.25. The lowest BCUT2D eigenvalue weighted by Gasteiger charge is -2.32. The van der Waals surface area contributed by atoms with E-state index >= 15 is 0 Å². The third kappa shape index (κ3) is 13.2. The zero-order chi connectivity index (χ0) is 42.3. The van der Waals surface area contributed by atoms with Crippen LogP contribution in [0.25, 0.3) is 0 Å². The molecule has 4 N–H and O–H groups in total. The summed E-state index contributed by atoms with van der Waals surface area (Å²) in [6.07, 6.45) is 6.95. The lowest BCUT2D eigenvalue weighted by Crippen LogP contribution is -2.41. The predicted octanol–water partition coefficient (Wildman–Crippen LogP) is 7.70. The van der Waals surface area contributed by atoms with Gasteiger partial charge in [-0.2, -0.15) is 0 Å². The van der Waals surface area contributed by atoms with E-state index in [-0.39, 0.29) is 47.8 Å². The Balaban J connectivity index is 1.27. The summed E-state index contributed by atoms with van der Waals surface area (Å²) >= 11 is 0. The molecule has 0 spiro atoms. The van der Waals surface area contributed by atoms with Crippen LogP contribution < -0.4 is 15.4 Å². The predicted molar refractivity (Wildman–Crippen MR) is 226 cm³/mol. The van der Waals surface area contributed by atoms with Crippen LogP contribution in [-0.4, -0.2) is 86.9 Å². The maximum atomic E-state index is 13.8. The molecule has 0 aliphatic heterocycles. The second kappa shape index (κ2) is 21.6. The molecule has 1 aliphatic carbocycles. The Morgan fingerprint density at radius 1 is 0.763 bits per heavy atom. The van der Waals surface area contributed by atoms with Gasteiger partial charge in [0, 0.05) is 56.5 Å². The van der Waals surface area contributed by atoms with Crippen molar-refractivity contribution in [2.45, 2.75) is 96.7 Å². The van der Waals surface area contributed by atoms with Gasteiger partial charge in [-0.1, -0.05) is 50.2 Å². The van der Waals surface area contributed by atoms with Crippen molar-refractivity contribution in [3.05, 3.63) is 118 Å². The van der Waals surface area contributed by atoms with E-state index in [4.69, 9.17) is 14.9 Å². The summed E-state index contributed by atoms with van der Waals surface area (Å²) in [5.41, 5.74) is 4.42. The number of aromatic nitrogens is 1. The fourth-order valence-corrected chi connectivity index (χ4v) is 7.25. The molecule has 3 aromatic carbocycles. The summed E-state index contributed by atoms with van der Waals surface area (Å²) in [6, 6.07) is 25.1. The van der Waals surface area contributed by atoms with Gasteiger partial charge in [-0.15, -0.1) is 0 Å². The number of benzene rings is 3. The average Bonchev–Trinajstić information content (AvgIpc) is 3.75. The Morgan fingerprint density at radius 3 is 2.05 bits per heavy atom. The lowest BCUT2D eigenvalue weighted by atomic mass is 10.0. The summed E-state index contributed by atoms with van der Waals surface area (Å²) < 4.78 is 6.13. The first-order chi connectivity index (χ1) is 28.4. The fraction of sp³-hybridized carbons (Fsp3) is 0.391. The van der Waals surface area contributed by atoms with Crippen LogP contribution in [0.2, 0.25) is 0 Å². The van der Waals surface area contributed by atoms with Crippen LogP contribution in [-0.2, 0) is 29.0 Å². The van der Waals surface area contributed by atoms with Crippen molar-refractivity contribution in [1.29, 1.82) is 0 Å². The maximum Gasteiger partial charge on any atom is 0.335 e. The van der Waals surface area contributed by atoms with E-state index in [1.165, 1.54) is 0 Å². The zero-order valence-corrected chi connectivity index (χ0v) is 34.1. The molecule has 1 aromatic heterocycles. The number of carbonyl (C=O) groups excluding carboxylic acids is 3. The van der Waals surface area contributed by atoms with Crippen molar-refractivity contribution >= 4 is 41.0 Å². The Morgan fingerprint density at radius 2 is 1.42 bits per heavy atom. The topological polar surface area (TPSA) is 178 Å². The number of nitrogens with zero attached hydrogens (tertiary/aromatic N) is 3. The molecule has 0 radical (unpaired) electrons. The zero-order valence-electron chi connectivity index (χ0n) is 34.1. The van der Waals surface area contributed by atoms with Gasteiger partial charge in [0.05, 0.1) is 17.7 Å². The van der Waals surface area contributed by atoms with E-state index < -0.39 is 23.8 Å². The minimum Gasteiger partial charge on any atom is -0.481 e. The third-order valence-corrected chi connectivity index (χ3v) is 10.8. The number of anilines is 2. The quantitative estimate of drug-likeness (QED) is 0.0652. The normalized spacial score (nSPS) is 12.7. The number of likely N-dealkylation sites (N-methyl/N-ethyl adjacent to an activating group) is 1. The molecule has 1 aliphatic rings. The van der Waals surface area contributed by atoms with Crippen LogP contribution in [0.4, 0.5) is 11.4 Å². The van der Waals surface area contributed by atoms with Crippen molar-refractivity contribution in [1.82, 2.24) is 14.8 Å². The molecule has 0 bridgehead atoms. The summed E-state index contributed by atoms with van der Waals surface area (Å²) in [6.45, 7) is 5.77. The third-order valence-electron chi connectivity index (χ3n) is 10.8. The number of aromatic carboxylic acids is 1. The average molecular weight is 806 g/mol. The smallest absolute Gasteiger partial charge is 0.335 e. The number of carbonyl (C=O) groups is 5. The molecule has 1 saturated carbocycles. The van der Waals surface area contributed by atoms with E-state index in [1.807, 2.05) is 54.6 Å². The number of hydrogen-bond donors (Lipinski definition) is 4. The van der Waals surface area contributed by atoms with Gasteiger partial charge < -0.3 is 30.5 Å². The Hall–Kier alpha value is -6.08. The first kappa shape index (κ1) is 44.0. The molecule has 13 heteroatoms. The van der Waals surface area contributed by atoms with Crippen LogP contribution in [0, 0.1) is 0 Å². The van der Waals surface area contributed by atoms with Crippen molar-refractivity contribution in [2.75, 3.05) is 30.8 Å². The van der Waals surface area contributed by atoms with Gasteiger partial charge >= 0.3 is 11.9 Å². The van der Waals surface area contributed by atoms with Gasteiger partial charge in [0.15, 0.2) is 5.69 Å². The number of aliphatic carboxylic acids is 1. The number of nitrogens with one attached hydrogen (secondary N) is 2. The number of ether oxygens (including phenoxy) is 1. The number of carboxylic acids is 2. The van der Waals surface area contributed by atoms with Crippen molar-refractivity contribution in [3.8, 4) is 5.88 Å². The first-order valence-corrected chi connectivity index (χ1v) is 20.4. The number of hydrogen-bond acceptors (Lipinski definition) is 8. The molecule has 312 valence electrons. The highest BCUT2D eigenvalue weighted by Crippen LogP contribution is 2.27. The summed E-state index contributed by atoms with van der Waals surface area (Å²) in [5.74, 6) is -2.79. The molecule has 1 heterocycles. The molecule has 13 nitrogen and oxygen atoms in total. The van der Waals surface area contributed by atoms with Gasteiger partial charge in [-0.05, 0) is 111 Å². The maximum absolute atomic E-state index is 13.8. The Kier molecular flexibility index (Phi) is 16.1. The summed E-state index contributed by atoms with van der Waals surface area (Å²) in [7, 11) is 1.68. The monoisotopic (exact) mass is 805 g/mol. The number of amides is 3. The highest BCUT2D eigenvalue weighted by molar-refractivity contribution is 6.11. The van der Waals surface area contributed by atoms with Crippen LogP contribution >= 0.6 is 0 Å². The van der Waals surface area contributed by atoms with Crippen molar-refractivity contribution < 1.29 is 38.9 Å². The standard InChI is InChI=1S/C46H55N5O8/c1-4-37(5-2)51(28-27-50(3)41(52)25-26-42(53)54)30-33-9-8-10-35(29-33)44(55)48-39-23-24-40(59-38-11-6-7-12-38)49-43(39)45(56)47-36-21-17-32(18-22-36)14-13-31-15-19-34(20-16-31)46(57)58/h8-10,15-24,29,37-38H,4-7,11-14,25-28,30H2,1-3H3,(H,47,56)(H,48,55)(H,53,54)(H,57,58). The molecule has 59 heavy (non-hydrogen) atoms.